The molecular formula is C20H23F3N2O5. The topological polar surface area (TPSA) is 79.5 Å². The minimum Gasteiger partial charge on any atom is -0.466 e. The maximum atomic E-state index is 13.1. The van der Waals surface area contributed by atoms with Crippen molar-refractivity contribution in [3.8, 4) is 0 Å². The predicted molar refractivity (Wildman–Crippen MR) is 100 cm³/mol. The van der Waals surface area contributed by atoms with E-state index in [1.807, 2.05) is 0 Å². The van der Waals surface area contributed by atoms with E-state index in [2.05, 4.69) is 0 Å². The number of hydrogen-bond acceptors (Lipinski definition) is 5. The lowest BCUT2D eigenvalue weighted by Crippen LogP contribution is -2.18. The fourth-order valence-corrected chi connectivity index (χ4v) is 3.39. The number of alkyl halides is 3. The van der Waals surface area contributed by atoms with Crippen LogP contribution in [0.2, 0.25) is 0 Å². The monoisotopic (exact) mass is 428 g/mol. The van der Waals surface area contributed by atoms with Crippen molar-refractivity contribution in [3.63, 3.8) is 0 Å². The van der Waals surface area contributed by atoms with Gasteiger partial charge in [-0.3, -0.25) is 9.59 Å². The van der Waals surface area contributed by atoms with Gasteiger partial charge in [0.1, 0.15) is 5.69 Å². The minimum absolute atomic E-state index is 0.00715. The van der Waals surface area contributed by atoms with Crippen LogP contribution in [0.1, 0.15) is 57.3 Å². The molecule has 0 saturated carbocycles. The van der Waals surface area contributed by atoms with Gasteiger partial charge in [-0.05, 0) is 38.5 Å². The fraction of sp³-hybridized carbons (Fsp3) is 0.450. The van der Waals surface area contributed by atoms with E-state index in [-0.39, 0.29) is 47.8 Å². The third-order valence-corrected chi connectivity index (χ3v) is 4.72. The summed E-state index contributed by atoms with van der Waals surface area (Å²) in [6.45, 7) is 4.93. The van der Waals surface area contributed by atoms with Crippen molar-refractivity contribution in [2.45, 2.75) is 33.4 Å². The first-order valence-corrected chi connectivity index (χ1v) is 9.24. The highest BCUT2D eigenvalue weighted by Gasteiger charge is 2.36. The summed E-state index contributed by atoms with van der Waals surface area (Å²) in [7, 11) is 2.60. The fourth-order valence-electron chi connectivity index (χ4n) is 3.39. The van der Waals surface area contributed by atoms with Crippen LogP contribution >= 0.6 is 0 Å². The van der Waals surface area contributed by atoms with Crippen LogP contribution in [0.15, 0.2) is 12.1 Å². The van der Waals surface area contributed by atoms with E-state index in [9.17, 15) is 27.6 Å². The summed E-state index contributed by atoms with van der Waals surface area (Å²) in [5.74, 6) is -2.05. The number of carbonyl (C=O) groups is 3. The summed E-state index contributed by atoms with van der Waals surface area (Å²) < 4.78 is 51.4. The second-order valence-corrected chi connectivity index (χ2v) is 6.55. The molecule has 0 fully saturated rings. The maximum absolute atomic E-state index is 13.1. The molecule has 0 amide bonds. The van der Waals surface area contributed by atoms with Crippen molar-refractivity contribution >= 4 is 17.7 Å². The Kier molecular flexibility index (Phi) is 6.79. The number of aromatic nitrogens is 2. The molecule has 0 aromatic carbocycles. The van der Waals surface area contributed by atoms with E-state index in [1.54, 1.807) is 13.8 Å². The minimum atomic E-state index is -4.62. The van der Waals surface area contributed by atoms with E-state index >= 15 is 0 Å². The lowest BCUT2D eigenvalue weighted by molar-refractivity contribution is -0.143. The van der Waals surface area contributed by atoms with Crippen LogP contribution in [0.25, 0.3) is 0 Å². The molecule has 0 saturated heterocycles. The average molecular weight is 428 g/mol. The summed E-state index contributed by atoms with van der Waals surface area (Å²) in [5.41, 5.74) is -0.750. The molecule has 0 unspecified atom stereocenters. The molecule has 10 heteroatoms. The molecule has 0 atom stereocenters. The van der Waals surface area contributed by atoms with E-state index in [0.717, 1.165) is 23.7 Å². The lowest BCUT2D eigenvalue weighted by atomic mass is 10.1. The van der Waals surface area contributed by atoms with Crippen molar-refractivity contribution in [2.75, 3.05) is 13.2 Å². The molecule has 2 aromatic heterocycles. The predicted octanol–water partition coefficient (Wildman–Crippen LogP) is 3.20. The van der Waals surface area contributed by atoms with E-state index < -0.39 is 29.6 Å². The Morgan fingerprint density at radius 1 is 1.00 bits per heavy atom. The second-order valence-electron chi connectivity index (χ2n) is 6.55. The van der Waals surface area contributed by atoms with Gasteiger partial charge < -0.3 is 18.6 Å². The highest BCUT2D eigenvalue weighted by Crippen LogP contribution is 2.32. The smallest absolute Gasteiger partial charge is 0.431 e. The normalized spacial score (nSPS) is 11.5. The van der Waals surface area contributed by atoms with E-state index in [0.29, 0.717) is 0 Å². The number of nitrogens with zero attached hydrogens (tertiary/aromatic N) is 2. The first kappa shape index (κ1) is 23.2. The maximum Gasteiger partial charge on any atom is 0.431 e. The van der Waals surface area contributed by atoms with Gasteiger partial charge in [-0.15, -0.1) is 0 Å². The van der Waals surface area contributed by atoms with Crippen molar-refractivity contribution in [3.05, 3.63) is 46.0 Å². The number of halogens is 3. The Hall–Kier alpha value is -3.04. The van der Waals surface area contributed by atoms with Gasteiger partial charge in [0.15, 0.2) is 0 Å². The molecule has 2 rings (SSSR count). The van der Waals surface area contributed by atoms with E-state index in [1.165, 1.54) is 18.5 Å². The molecule has 0 aliphatic heterocycles. The molecule has 0 N–H and O–H groups in total. The van der Waals surface area contributed by atoms with Crippen LogP contribution in [-0.2, 0) is 41.0 Å². The van der Waals surface area contributed by atoms with Crippen molar-refractivity contribution in [2.24, 2.45) is 14.1 Å². The summed E-state index contributed by atoms with van der Waals surface area (Å²) >= 11 is 0. The van der Waals surface area contributed by atoms with Crippen LogP contribution in [0, 0.1) is 6.92 Å². The Bertz CT molecular complexity index is 986. The lowest BCUT2D eigenvalue weighted by Gasteiger charge is -2.11. The van der Waals surface area contributed by atoms with Crippen LogP contribution in [0.3, 0.4) is 0 Å². The van der Waals surface area contributed by atoms with Crippen LogP contribution < -0.4 is 0 Å². The molecule has 2 aromatic rings. The number of ether oxygens (including phenoxy) is 2. The molecule has 0 aliphatic carbocycles. The molecular weight excluding hydrogens is 405 g/mol. The summed E-state index contributed by atoms with van der Waals surface area (Å²) in [4.78, 5) is 37.7. The van der Waals surface area contributed by atoms with E-state index in [4.69, 9.17) is 9.47 Å². The first-order chi connectivity index (χ1) is 13.9. The summed E-state index contributed by atoms with van der Waals surface area (Å²) in [6, 6.07) is 1.89. The van der Waals surface area contributed by atoms with Crippen LogP contribution in [0.4, 0.5) is 13.2 Å². The van der Waals surface area contributed by atoms with Crippen molar-refractivity contribution < 1.29 is 37.0 Å². The summed E-state index contributed by atoms with van der Waals surface area (Å²) in [5, 5.41) is 0. The Labute approximate surface area is 171 Å². The number of ketones is 1. The Morgan fingerprint density at radius 3 is 2.10 bits per heavy atom. The molecule has 0 aliphatic rings. The van der Waals surface area contributed by atoms with Gasteiger partial charge in [0, 0.05) is 19.8 Å². The van der Waals surface area contributed by atoms with Gasteiger partial charge in [0.25, 0.3) is 0 Å². The quantitative estimate of drug-likeness (QED) is 0.500. The third kappa shape index (κ3) is 4.27. The molecule has 0 radical (unpaired) electrons. The van der Waals surface area contributed by atoms with Gasteiger partial charge in [-0.25, -0.2) is 4.79 Å². The first-order valence-electron chi connectivity index (χ1n) is 9.24. The highest BCUT2D eigenvalue weighted by molar-refractivity contribution is 6.10. The SMILES string of the molecule is CCOC(=O)Cc1c(C(=O)OCC)c(C)c(C(=O)c2ccc(C(F)(F)F)n2C)n1C. The standard InChI is InChI=1S/C20H23F3N2O5/c1-6-29-15(26)10-13-16(19(28)30-7-2)11(3)17(25(13)5)18(27)12-8-9-14(24(12)4)20(21,22)23/h8-9H,6-7,10H2,1-5H3. The van der Waals surface area contributed by atoms with Crippen molar-refractivity contribution in [1.29, 1.82) is 0 Å². The van der Waals surface area contributed by atoms with Crippen LogP contribution in [-0.4, -0.2) is 40.1 Å². The second kappa shape index (κ2) is 8.76. The van der Waals surface area contributed by atoms with Gasteiger partial charge in [-0.2, -0.15) is 13.2 Å². The zero-order valence-corrected chi connectivity index (χ0v) is 17.3. The third-order valence-electron chi connectivity index (χ3n) is 4.72. The molecule has 0 spiro atoms. The zero-order valence-electron chi connectivity index (χ0n) is 17.3. The van der Waals surface area contributed by atoms with Gasteiger partial charge in [0.2, 0.25) is 5.78 Å². The molecule has 2 heterocycles. The largest absolute Gasteiger partial charge is 0.466 e. The zero-order chi connectivity index (χ0) is 22.8. The molecule has 30 heavy (non-hydrogen) atoms. The number of carbonyl (C=O) groups excluding carboxylic acids is 3. The number of rotatable bonds is 7. The average Bonchev–Trinajstić information content (AvgIpc) is 3.13. The Balaban J connectivity index is 2.63. The van der Waals surface area contributed by atoms with Gasteiger partial charge >= 0.3 is 18.1 Å². The summed E-state index contributed by atoms with van der Waals surface area (Å²) in [6.07, 6.45) is -4.92. The van der Waals surface area contributed by atoms with Gasteiger partial charge in [-0.1, -0.05) is 0 Å². The molecule has 164 valence electrons. The number of hydrogen-bond donors (Lipinski definition) is 0. The highest BCUT2D eigenvalue weighted by atomic mass is 19.4. The Morgan fingerprint density at radius 2 is 1.60 bits per heavy atom. The number of esters is 2. The van der Waals surface area contributed by atoms with Crippen molar-refractivity contribution in [1.82, 2.24) is 9.13 Å². The molecule has 0 bridgehead atoms. The van der Waals surface area contributed by atoms with Crippen LogP contribution in [0.5, 0.6) is 0 Å². The van der Waals surface area contributed by atoms with Gasteiger partial charge in [0.05, 0.1) is 36.6 Å². The molecule has 7 nitrogen and oxygen atoms in total.